The minimum atomic E-state index is 0.233. The molecule has 0 unspecified atom stereocenters. The normalized spacial score (nSPS) is 17.3. The molecule has 1 aromatic carbocycles. The highest BCUT2D eigenvalue weighted by molar-refractivity contribution is 7.71. The molecule has 27 heavy (non-hydrogen) atoms. The summed E-state index contributed by atoms with van der Waals surface area (Å²) in [4.78, 5) is 4.17. The quantitative estimate of drug-likeness (QED) is 0.535. The zero-order chi connectivity index (χ0) is 18.6. The lowest BCUT2D eigenvalue weighted by molar-refractivity contribution is 0.190. The number of hydrogen-bond acceptors (Lipinski definition) is 7. The van der Waals surface area contributed by atoms with Crippen LogP contribution >= 0.6 is 23.6 Å². The van der Waals surface area contributed by atoms with Gasteiger partial charge in [-0.05, 0) is 60.8 Å². The Morgan fingerprint density at radius 2 is 2.07 bits per heavy atom. The lowest BCUT2D eigenvalue weighted by Gasteiger charge is -2.22. The molecule has 0 radical (unpaired) electrons. The third-order valence-corrected chi connectivity index (χ3v) is 5.89. The van der Waals surface area contributed by atoms with E-state index in [0.717, 1.165) is 18.0 Å². The van der Waals surface area contributed by atoms with E-state index >= 15 is 0 Å². The monoisotopic (exact) mass is 403 g/mol. The molecule has 4 rings (SSSR count). The number of thiophene rings is 1. The number of nitrogens with zero attached hydrogens (tertiary/aromatic N) is 3. The van der Waals surface area contributed by atoms with E-state index in [4.69, 9.17) is 26.1 Å². The van der Waals surface area contributed by atoms with E-state index in [1.165, 1.54) is 17.7 Å². The third-order valence-electron chi connectivity index (χ3n) is 4.62. The van der Waals surface area contributed by atoms with E-state index in [-0.39, 0.29) is 6.61 Å². The number of methoxy groups -OCH3 is 1. The number of likely N-dealkylation sites (tertiary alicyclic amines) is 1. The minimum absolute atomic E-state index is 0.233. The van der Waals surface area contributed by atoms with Gasteiger partial charge in [-0.1, -0.05) is 6.07 Å². The van der Waals surface area contributed by atoms with E-state index in [1.54, 1.807) is 23.1 Å². The first-order valence-electron chi connectivity index (χ1n) is 8.84. The average Bonchev–Trinajstić information content (AvgIpc) is 3.42. The Morgan fingerprint density at radius 1 is 1.26 bits per heavy atom. The molecule has 1 fully saturated rings. The summed E-state index contributed by atoms with van der Waals surface area (Å²) in [6.45, 7) is 1.90. The van der Waals surface area contributed by atoms with Crippen molar-refractivity contribution >= 4 is 23.6 Å². The van der Waals surface area contributed by atoms with Crippen molar-refractivity contribution in [2.45, 2.75) is 32.2 Å². The Hall–Kier alpha value is -2.16. The summed E-state index contributed by atoms with van der Waals surface area (Å²) in [5.41, 5.74) is 0. The largest absolute Gasteiger partial charge is 0.497 e. The Bertz CT molecular complexity index is 919. The molecule has 142 valence electrons. The molecule has 1 aliphatic heterocycles. The van der Waals surface area contributed by atoms with Gasteiger partial charge in [0.05, 0.1) is 13.8 Å². The molecule has 0 bridgehead atoms. The van der Waals surface area contributed by atoms with Crippen molar-refractivity contribution in [3.63, 3.8) is 0 Å². The van der Waals surface area contributed by atoms with E-state index in [9.17, 15) is 0 Å². The molecule has 1 aliphatic rings. The van der Waals surface area contributed by atoms with Gasteiger partial charge in [-0.3, -0.25) is 4.90 Å². The summed E-state index contributed by atoms with van der Waals surface area (Å²) in [7, 11) is 1.63. The fourth-order valence-corrected chi connectivity index (χ4v) is 4.37. The highest BCUT2D eigenvalue weighted by Gasteiger charge is 2.27. The Labute approximate surface area is 166 Å². The second-order valence-corrected chi connectivity index (χ2v) is 7.68. The second kappa shape index (κ2) is 8.24. The SMILES string of the molecule is COc1ccc(OCc2nn(CN3CCC[C@H]3c3cccs3)c(=S)o2)cc1. The maximum atomic E-state index is 5.73. The van der Waals surface area contributed by atoms with E-state index in [2.05, 4.69) is 27.5 Å². The Balaban J connectivity index is 1.40. The Morgan fingerprint density at radius 3 is 2.81 bits per heavy atom. The van der Waals surface area contributed by atoms with Gasteiger partial charge in [-0.25, -0.2) is 4.68 Å². The Kier molecular flexibility index (Phi) is 5.56. The predicted molar refractivity (Wildman–Crippen MR) is 106 cm³/mol. The van der Waals surface area contributed by atoms with Gasteiger partial charge in [0.1, 0.15) is 11.5 Å². The number of benzene rings is 1. The molecule has 0 N–H and O–H groups in total. The number of ether oxygens (including phenoxy) is 2. The smallest absolute Gasteiger partial charge is 0.288 e. The second-order valence-electron chi connectivity index (χ2n) is 6.35. The van der Waals surface area contributed by atoms with E-state index in [0.29, 0.717) is 23.4 Å². The van der Waals surface area contributed by atoms with Crippen LogP contribution in [0, 0.1) is 4.84 Å². The van der Waals surface area contributed by atoms with Gasteiger partial charge in [0, 0.05) is 17.5 Å². The molecule has 8 heteroatoms. The summed E-state index contributed by atoms with van der Waals surface area (Å²) < 4.78 is 18.2. The van der Waals surface area contributed by atoms with Crippen LogP contribution in [0.15, 0.2) is 46.2 Å². The van der Waals surface area contributed by atoms with Gasteiger partial charge < -0.3 is 13.9 Å². The fourth-order valence-electron chi connectivity index (χ4n) is 3.28. The molecule has 0 aliphatic carbocycles. The lowest BCUT2D eigenvalue weighted by Crippen LogP contribution is -2.26. The minimum Gasteiger partial charge on any atom is -0.497 e. The van der Waals surface area contributed by atoms with Crippen LogP contribution < -0.4 is 9.47 Å². The van der Waals surface area contributed by atoms with Gasteiger partial charge >= 0.3 is 0 Å². The van der Waals surface area contributed by atoms with Crippen LogP contribution in [0.3, 0.4) is 0 Å². The molecular formula is C19H21N3O3S2. The molecule has 0 amide bonds. The van der Waals surface area contributed by atoms with Gasteiger partial charge in [-0.2, -0.15) is 0 Å². The van der Waals surface area contributed by atoms with Crippen LogP contribution in [0.2, 0.25) is 0 Å². The molecule has 0 saturated carbocycles. The first-order valence-corrected chi connectivity index (χ1v) is 10.1. The van der Waals surface area contributed by atoms with E-state index < -0.39 is 0 Å². The highest BCUT2D eigenvalue weighted by Crippen LogP contribution is 2.34. The zero-order valence-electron chi connectivity index (χ0n) is 15.0. The maximum absolute atomic E-state index is 5.73. The number of rotatable bonds is 7. The third kappa shape index (κ3) is 4.23. The van der Waals surface area contributed by atoms with Crippen molar-refractivity contribution in [3.05, 3.63) is 57.4 Å². The number of hydrogen-bond donors (Lipinski definition) is 0. The van der Waals surface area contributed by atoms with Crippen molar-refractivity contribution in [1.82, 2.24) is 14.7 Å². The molecule has 6 nitrogen and oxygen atoms in total. The zero-order valence-corrected chi connectivity index (χ0v) is 16.7. The van der Waals surface area contributed by atoms with Crippen LogP contribution in [-0.2, 0) is 13.3 Å². The van der Waals surface area contributed by atoms with Gasteiger partial charge in [0.15, 0.2) is 6.61 Å². The van der Waals surface area contributed by atoms with Crippen LogP contribution in [0.5, 0.6) is 11.5 Å². The summed E-state index contributed by atoms with van der Waals surface area (Å²) in [5, 5.41) is 6.62. The summed E-state index contributed by atoms with van der Waals surface area (Å²) in [6, 6.07) is 12.1. The van der Waals surface area contributed by atoms with Crippen LogP contribution in [0.4, 0.5) is 0 Å². The maximum Gasteiger partial charge on any atom is 0.288 e. The van der Waals surface area contributed by atoms with Crippen molar-refractivity contribution < 1.29 is 13.9 Å². The highest BCUT2D eigenvalue weighted by atomic mass is 32.1. The first kappa shape index (κ1) is 18.2. The van der Waals surface area contributed by atoms with E-state index in [1.807, 2.05) is 24.3 Å². The number of aromatic nitrogens is 2. The molecule has 1 atom stereocenters. The average molecular weight is 404 g/mol. The topological polar surface area (TPSA) is 52.7 Å². The lowest BCUT2D eigenvalue weighted by atomic mass is 10.2. The van der Waals surface area contributed by atoms with Crippen LogP contribution in [0.1, 0.15) is 29.7 Å². The predicted octanol–water partition coefficient (Wildman–Crippen LogP) is 4.65. The molecule has 0 spiro atoms. The fraction of sp³-hybridized carbons (Fsp3) is 0.368. The van der Waals surface area contributed by atoms with Crippen LogP contribution in [0.25, 0.3) is 0 Å². The molecule has 2 aromatic heterocycles. The van der Waals surface area contributed by atoms with Crippen molar-refractivity contribution in [2.24, 2.45) is 0 Å². The molecule has 3 aromatic rings. The van der Waals surface area contributed by atoms with Gasteiger partial charge in [0.2, 0.25) is 0 Å². The molecular weight excluding hydrogens is 382 g/mol. The molecule has 3 heterocycles. The summed E-state index contributed by atoms with van der Waals surface area (Å²) >= 11 is 7.15. The molecule has 1 saturated heterocycles. The van der Waals surface area contributed by atoms with Crippen LogP contribution in [-0.4, -0.2) is 28.3 Å². The van der Waals surface area contributed by atoms with Gasteiger partial charge in [0.25, 0.3) is 10.7 Å². The standard InChI is InChI=1S/C19H21N3O3S2/c1-23-14-6-8-15(9-7-14)24-12-18-20-22(19(26)25-18)13-21-10-2-4-16(21)17-5-3-11-27-17/h3,5-9,11,16H,2,4,10,12-13H2,1H3/t16-/m0/s1. The van der Waals surface area contributed by atoms with Crippen molar-refractivity contribution in [2.75, 3.05) is 13.7 Å². The first-order chi connectivity index (χ1) is 13.2. The summed E-state index contributed by atoms with van der Waals surface area (Å²) in [6.07, 6.45) is 2.35. The van der Waals surface area contributed by atoms with Gasteiger partial charge in [-0.15, -0.1) is 16.4 Å². The van der Waals surface area contributed by atoms with Crippen molar-refractivity contribution in [1.29, 1.82) is 0 Å². The van der Waals surface area contributed by atoms with Crippen molar-refractivity contribution in [3.8, 4) is 11.5 Å². The summed E-state index contributed by atoms with van der Waals surface area (Å²) in [5.74, 6) is 1.99.